The molecule has 0 saturated carbocycles. The van der Waals surface area contributed by atoms with E-state index in [0.29, 0.717) is 19.7 Å². The lowest BCUT2D eigenvalue weighted by Crippen LogP contribution is -2.28. The zero-order valence-electron chi connectivity index (χ0n) is 9.90. The van der Waals surface area contributed by atoms with Crippen molar-refractivity contribution in [2.45, 2.75) is 33.2 Å². The van der Waals surface area contributed by atoms with Crippen molar-refractivity contribution < 1.29 is 9.53 Å². The second-order valence-electron chi connectivity index (χ2n) is 3.58. The number of carbonyl (C=O) groups excluding carboxylic acids is 1. The number of rotatable bonds is 6. The van der Waals surface area contributed by atoms with E-state index in [0.717, 1.165) is 18.7 Å². The molecule has 1 rings (SSSR count). The largest absolute Gasteiger partial charge is 0.450 e. The maximum Gasteiger partial charge on any atom is 0.407 e. The van der Waals surface area contributed by atoms with Crippen LogP contribution in [0.4, 0.5) is 4.79 Å². The molecule has 1 N–H and O–H groups in total. The van der Waals surface area contributed by atoms with Crippen LogP contribution in [0.2, 0.25) is 0 Å². The molecule has 0 atom stereocenters. The number of aromatic nitrogens is 2. The van der Waals surface area contributed by atoms with Gasteiger partial charge >= 0.3 is 6.09 Å². The number of amides is 1. The summed E-state index contributed by atoms with van der Waals surface area (Å²) >= 11 is 0. The number of hydrogen-bond acceptors (Lipinski definition) is 3. The molecule has 1 aromatic heterocycles. The fourth-order valence-electron chi connectivity index (χ4n) is 1.28. The number of unbranched alkanes of at least 4 members (excludes halogenated alkanes) is 1. The zero-order chi connectivity index (χ0) is 11.8. The van der Waals surface area contributed by atoms with E-state index in [-0.39, 0.29) is 6.09 Å². The normalized spacial score (nSPS) is 10.1. The van der Waals surface area contributed by atoms with Gasteiger partial charge in [0.2, 0.25) is 0 Å². The third-order valence-electron chi connectivity index (χ3n) is 2.28. The predicted octanol–water partition coefficient (Wildman–Crippen LogP) is 1.72. The van der Waals surface area contributed by atoms with Gasteiger partial charge in [-0.1, -0.05) is 13.3 Å². The van der Waals surface area contributed by atoms with E-state index in [1.807, 2.05) is 17.7 Å². The first kappa shape index (κ1) is 12.5. The van der Waals surface area contributed by atoms with Crippen molar-refractivity contribution in [2.24, 2.45) is 0 Å². The fraction of sp³-hybridized carbons (Fsp3) is 0.636. The second kappa shape index (κ2) is 6.87. The molecule has 1 heterocycles. The molecule has 1 amide bonds. The Morgan fingerprint density at radius 1 is 1.62 bits per heavy atom. The van der Waals surface area contributed by atoms with Crippen molar-refractivity contribution in [2.75, 3.05) is 13.2 Å². The molecule has 16 heavy (non-hydrogen) atoms. The van der Waals surface area contributed by atoms with Gasteiger partial charge in [0, 0.05) is 25.5 Å². The molecule has 0 spiro atoms. The Kier molecular flexibility index (Phi) is 5.39. The van der Waals surface area contributed by atoms with E-state index in [2.05, 4.69) is 17.2 Å². The maximum absolute atomic E-state index is 11.2. The summed E-state index contributed by atoms with van der Waals surface area (Å²) in [7, 11) is 0. The van der Waals surface area contributed by atoms with Crippen LogP contribution in [0.5, 0.6) is 0 Å². The van der Waals surface area contributed by atoms with Crippen molar-refractivity contribution in [3.8, 4) is 0 Å². The summed E-state index contributed by atoms with van der Waals surface area (Å²) in [5.41, 5.74) is 0. The molecule has 0 saturated heterocycles. The van der Waals surface area contributed by atoms with Gasteiger partial charge in [-0.3, -0.25) is 0 Å². The van der Waals surface area contributed by atoms with Gasteiger partial charge in [-0.25, -0.2) is 9.78 Å². The average molecular weight is 225 g/mol. The van der Waals surface area contributed by atoms with Gasteiger partial charge in [-0.05, 0) is 13.3 Å². The van der Waals surface area contributed by atoms with E-state index in [1.165, 1.54) is 0 Å². The minimum atomic E-state index is -0.341. The van der Waals surface area contributed by atoms with Crippen molar-refractivity contribution in [1.29, 1.82) is 0 Å². The molecule has 5 nitrogen and oxygen atoms in total. The molecule has 0 radical (unpaired) electrons. The highest BCUT2D eigenvalue weighted by molar-refractivity contribution is 5.66. The Morgan fingerprint density at radius 3 is 3.06 bits per heavy atom. The highest BCUT2D eigenvalue weighted by Gasteiger charge is 2.01. The summed E-state index contributed by atoms with van der Waals surface area (Å²) in [6, 6.07) is 0. The molecular formula is C11H19N3O2. The summed E-state index contributed by atoms with van der Waals surface area (Å²) in [6.45, 7) is 5.76. The molecule has 1 aromatic rings. The minimum absolute atomic E-state index is 0.341. The van der Waals surface area contributed by atoms with E-state index in [1.54, 1.807) is 6.20 Å². The highest BCUT2D eigenvalue weighted by Crippen LogP contribution is 1.93. The number of imidazole rings is 1. The van der Waals surface area contributed by atoms with Crippen molar-refractivity contribution in [3.63, 3.8) is 0 Å². The van der Waals surface area contributed by atoms with Gasteiger partial charge in [-0.2, -0.15) is 0 Å². The Hall–Kier alpha value is -1.52. The number of ether oxygens (including phenoxy) is 1. The summed E-state index contributed by atoms with van der Waals surface area (Å²) < 4.78 is 6.94. The lowest BCUT2D eigenvalue weighted by atomic mass is 10.4. The van der Waals surface area contributed by atoms with Gasteiger partial charge in [0.15, 0.2) is 0 Å². The van der Waals surface area contributed by atoms with E-state index in [4.69, 9.17) is 4.74 Å². The number of alkyl carbamates (subject to hydrolysis) is 1. The van der Waals surface area contributed by atoms with Gasteiger partial charge < -0.3 is 14.6 Å². The van der Waals surface area contributed by atoms with Crippen LogP contribution < -0.4 is 5.32 Å². The molecule has 0 aliphatic rings. The Morgan fingerprint density at radius 2 is 2.44 bits per heavy atom. The van der Waals surface area contributed by atoms with E-state index in [9.17, 15) is 4.79 Å². The average Bonchev–Trinajstić information content (AvgIpc) is 2.65. The number of carbonyl (C=O) groups is 1. The molecule has 90 valence electrons. The fourth-order valence-corrected chi connectivity index (χ4v) is 1.28. The molecule has 0 aromatic carbocycles. The van der Waals surface area contributed by atoms with Gasteiger partial charge in [0.05, 0.1) is 6.61 Å². The SMILES string of the molecule is CCCCOC(=O)NCCn1ccnc1C. The molecule has 0 fully saturated rings. The summed E-state index contributed by atoms with van der Waals surface area (Å²) in [5.74, 6) is 0.946. The monoisotopic (exact) mass is 225 g/mol. The zero-order valence-corrected chi connectivity index (χ0v) is 9.90. The summed E-state index contributed by atoms with van der Waals surface area (Å²) in [6.07, 6.45) is 5.23. The lowest BCUT2D eigenvalue weighted by molar-refractivity contribution is 0.144. The van der Waals surface area contributed by atoms with E-state index < -0.39 is 0 Å². The quantitative estimate of drug-likeness (QED) is 0.750. The first-order valence-corrected chi connectivity index (χ1v) is 5.62. The molecule has 0 bridgehead atoms. The minimum Gasteiger partial charge on any atom is -0.450 e. The first-order valence-electron chi connectivity index (χ1n) is 5.62. The topological polar surface area (TPSA) is 56.1 Å². The molecule has 0 aliphatic heterocycles. The molecular weight excluding hydrogens is 206 g/mol. The smallest absolute Gasteiger partial charge is 0.407 e. The Bertz CT molecular complexity index is 323. The maximum atomic E-state index is 11.2. The highest BCUT2D eigenvalue weighted by atomic mass is 16.5. The van der Waals surface area contributed by atoms with Crippen LogP contribution in [0.1, 0.15) is 25.6 Å². The number of nitrogens with one attached hydrogen (secondary N) is 1. The van der Waals surface area contributed by atoms with E-state index >= 15 is 0 Å². The Labute approximate surface area is 95.8 Å². The van der Waals surface area contributed by atoms with Gasteiger partial charge in [0.1, 0.15) is 5.82 Å². The van der Waals surface area contributed by atoms with Crippen LogP contribution in [0, 0.1) is 6.92 Å². The van der Waals surface area contributed by atoms with Crippen LogP contribution in [0.15, 0.2) is 12.4 Å². The van der Waals surface area contributed by atoms with Crippen LogP contribution in [-0.2, 0) is 11.3 Å². The molecule has 5 heteroatoms. The Balaban J connectivity index is 2.11. The number of aryl methyl sites for hydroxylation is 1. The third-order valence-corrected chi connectivity index (χ3v) is 2.28. The van der Waals surface area contributed by atoms with Gasteiger partial charge in [-0.15, -0.1) is 0 Å². The summed E-state index contributed by atoms with van der Waals surface area (Å²) in [5, 5.41) is 2.70. The van der Waals surface area contributed by atoms with Crippen LogP contribution >= 0.6 is 0 Å². The first-order chi connectivity index (χ1) is 7.74. The van der Waals surface area contributed by atoms with Crippen LogP contribution in [0.3, 0.4) is 0 Å². The lowest BCUT2D eigenvalue weighted by Gasteiger charge is -2.07. The second-order valence-corrected chi connectivity index (χ2v) is 3.58. The molecule has 0 unspecified atom stereocenters. The van der Waals surface area contributed by atoms with Crippen LogP contribution in [-0.4, -0.2) is 28.8 Å². The predicted molar refractivity (Wildman–Crippen MR) is 61.2 cm³/mol. The number of hydrogen-bond donors (Lipinski definition) is 1. The van der Waals surface area contributed by atoms with Crippen molar-refractivity contribution >= 4 is 6.09 Å². The summed E-state index contributed by atoms with van der Waals surface area (Å²) in [4.78, 5) is 15.3. The van der Waals surface area contributed by atoms with Crippen molar-refractivity contribution in [3.05, 3.63) is 18.2 Å². The molecule has 0 aliphatic carbocycles. The number of nitrogens with zero attached hydrogens (tertiary/aromatic N) is 2. The van der Waals surface area contributed by atoms with Gasteiger partial charge in [0.25, 0.3) is 0 Å². The van der Waals surface area contributed by atoms with Crippen LogP contribution in [0.25, 0.3) is 0 Å². The third kappa shape index (κ3) is 4.33. The van der Waals surface area contributed by atoms with Crippen molar-refractivity contribution in [1.82, 2.24) is 14.9 Å². The standard InChI is InChI=1S/C11H19N3O2/c1-3-4-9-16-11(15)13-6-8-14-7-5-12-10(14)2/h5,7H,3-4,6,8-9H2,1-2H3,(H,13,15).